The molecule has 2 fully saturated rings. The predicted octanol–water partition coefficient (Wildman–Crippen LogP) is 7.11. The number of oxime groups is 1. The standard InChI is InChI=1S/C31H36BrClN4O2/c1-4-39-35-29(22-5-8-25(32)9-6-22)23-11-15-37(16-12-23)31(3)13-17-36(18-14-31)30(38)27-10-7-24-19-21(2)26(33)20-28(24)34-27/h5-10,19-20,23H,4,11-18H2,1-3H3. The molecule has 0 saturated carbocycles. The van der Waals surface area contributed by atoms with Gasteiger partial charge >= 0.3 is 0 Å². The number of pyridine rings is 1. The van der Waals surface area contributed by atoms with Gasteiger partial charge in [0.1, 0.15) is 12.3 Å². The van der Waals surface area contributed by atoms with Crippen LogP contribution in [0.15, 0.2) is 58.2 Å². The van der Waals surface area contributed by atoms with Crippen LogP contribution in [0.4, 0.5) is 0 Å². The number of amides is 1. The summed E-state index contributed by atoms with van der Waals surface area (Å²) < 4.78 is 1.06. The number of piperidine rings is 2. The quantitative estimate of drug-likeness (QED) is 0.220. The molecule has 3 aromatic rings. The van der Waals surface area contributed by atoms with Crippen LogP contribution in [0, 0.1) is 12.8 Å². The Balaban J connectivity index is 1.20. The highest BCUT2D eigenvalue weighted by molar-refractivity contribution is 9.10. The van der Waals surface area contributed by atoms with Crippen molar-refractivity contribution >= 4 is 50.1 Å². The fraction of sp³-hybridized carbons (Fsp3) is 0.452. The van der Waals surface area contributed by atoms with Gasteiger partial charge in [0.25, 0.3) is 5.91 Å². The first-order valence-electron chi connectivity index (χ1n) is 13.8. The first kappa shape index (κ1) is 28.1. The lowest BCUT2D eigenvalue weighted by atomic mass is 9.82. The van der Waals surface area contributed by atoms with E-state index in [1.165, 1.54) is 0 Å². The van der Waals surface area contributed by atoms with Gasteiger partial charge in [0.2, 0.25) is 0 Å². The van der Waals surface area contributed by atoms with Gasteiger partial charge in [-0.25, -0.2) is 4.98 Å². The van der Waals surface area contributed by atoms with Crippen molar-refractivity contribution in [3.63, 3.8) is 0 Å². The molecule has 0 unspecified atom stereocenters. The van der Waals surface area contributed by atoms with E-state index in [2.05, 4.69) is 62.2 Å². The highest BCUT2D eigenvalue weighted by atomic mass is 79.9. The van der Waals surface area contributed by atoms with Gasteiger partial charge in [-0.3, -0.25) is 9.69 Å². The predicted molar refractivity (Wildman–Crippen MR) is 162 cm³/mol. The summed E-state index contributed by atoms with van der Waals surface area (Å²) in [5.41, 5.74) is 4.52. The highest BCUT2D eigenvalue weighted by Crippen LogP contribution is 2.34. The Morgan fingerprint density at radius 2 is 1.79 bits per heavy atom. The van der Waals surface area contributed by atoms with Gasteiger partial charge in [-0.2, -0.15) is 0 Å². The summed E-state index contributed by atoms with van der Waals surface area (Å²) in [6, 6.07) is 16.0. The van der Waals surface area contributed by atoms with Crippen molar-refractivity contribution in [2.24, 2.45) is 11.1 Å². The summed E-state index contributed by atoms with van der Waals surface area (Å²) in [6.07, 6.45) is 4.00. The number of fused-ring (bicyclic) bond motifs is 1. The third-order valence-electron chi connectivity index (χ3n) is 8.39. The fourth-order valence-corrected chi connectivity index (χ4v) is 6.28. The lowest BCUT2D eigenvalue weighted by Crippen LogP contribution is -2.56. The Hall–Kier alpha value is -2.48. The number of halogens is 2. The summed E-state index contributed by atoms with van der Waals surface area (Å²) in [5, 5.41) is 6.20. The van der Waals surface area contributed by atoms with Crippen molar-refractivity contribution < 1.29 is 9.63 Å². The zero-order chi connectivity index (χ0) is 27.6. The van der Waals surface area contributed by atoms with Crippen LogP contribution in [0.1, 0.15) is 61.1 Å². The van der Waals surface area contributed by atoms with E-state index in [4.69, 9.17) is 16.4 Å². The van der Waals surface area contributed by atoms with Crippen molar-refractivity contribution in [1.82, 2.24) is 14.8 Å². The van der Waals surface area contributed by atoms with Gasteiger partial charge in [0, 0.05) is 39.4 Å². The maximum atomic E-state index is 13.3. The monoisotopic (exact) mass is 610 g/mol. The highest BCUT2D eigenvalue weighted by Gasteiger charge is 2.39. The molecule has 0 spiro atoms. The summed E-state index contributed by atoms with van der Waals surface area (Å²) >= 11 is 9.84. The molecule has 1 amide bonds. The zero-order valence-corrected chi connectivity index (χ0v) is 25.3. The molecule has 206 valence electrons. The third-order valence-corrected chi connectivity index (χ3v) is 9.33. The molecule has 39 heavy (non-hydrogen) atoms. The molecule has 0 bridgehead atoms. The number of likely N-dealkylation sites (tertiary alicyclic amines) is 2. The number of benzene rings is 2. The lowest BCUT2D eigenvalue weighted by molar-refractivity contribution is 0.0160. The van der Waals surface area contributed by atoms with Gasteiger partial charge in [-0.05, 0) is 101 Å². The Bertz CT molecular complexity index is 1360. The van der Waals surface area contributed by atoms with E-state index in [1.54, 1.807) is 0 Å². The molecule has 0 N–H and O–H groups in total. The second-order valence-electron chi connectivity index (χ2n) is 10.9. The third kappa shape index (κ3) is 6.16. The summed E-state index contributed by atoms with van der Waals surface area (Å²) in [4.78, 5) is 28.1. The van der Waals surface area contributed by atoms with Gasteiger partial charge < -0.3 is 9.74 Å². The number of nitrogens with zero attached hydrogens (tertiary/aromatic N) is 4. The minimum absolute atomic E-state index is 0.000584. The molecule has 1 aromatic heterocycles. The first-order valence-corrected chi connectivity index (χ1v) is 15.0. The summed E-state index contributed by atoms with van der Waals surface area (Å²) in [5.74, 6) is 0.371. The maximum Gasteiger partial charge on any atom is 0.272 e. The van der Waals surface area contributed by atoms with Crippen LogP contribution in [0.5, 0.6) is 0 Å². The number of aromatic nitrogens is 1. The van der Waals surface area contributed by atoms with Crippen LogP contribution < -0.4 is 0 Å². The number of carbonyl (C=O) groups excluding carboxylic acids is 1. The van der Waals surface area contributed by atoms with Crippen LogP contribution in [-0.4, -0.2) is 64.7 Å². The Morgan fingerprint density at radius 3 is 2.46 bits per heavy atom. The van der Waals surface area contributed by atoms with Crippen molar-refractivity contribution in [2.45, 2.75) is 52.0 Å². The van der Waals surface area contributed by atoms with Gasteiger partial charge in [-0.1, -0.05) is 50.9 Å². The molecule has 0 aliphatic carbocycles. The number of carbonyl (C=O) groups is 1. The molecule has 2 aromatic carbocycles. The molecule has 0 atom stereocenters. The molecule has 2 saturated heterocycles. The van der Waals surface area contributed by atoms with Crippen LogP contribution in [0.25, 0.3) is 10.9 Å². The Labute approximate surface area is 244 Å². The number of hydrogen-bond acceptors (Lipinski definition) is 5. The number of hydrogen-bond donors (Lipinski definition) is 0. The van der Waals surface area contributed by atoms with Crippen molar-refractivity contribution in [2.75, 3.05) is 32.8 Å². The van der Waals surface area contributed by atoms with E-state index in [0.29, 0.717) is 23.2 Å². The topological polar surface area (TPSA) is 58.0 Å². The minimum Gasteiger partial charge on any atom is -0.396 e. The van der Waals surface area contributed by atoms with Crippen LogP contribution in [0.2, 0.25) is 5.02 Å². The first-order chi connectivity index (χ1) is 18.8. The van der Waals surface area contributed by atoms with Crippen LogP contribution >= 0.6 is 27.5 Å². The van der Waals surface area contributed by atoms with E-state index in [-0.39, 0.29) is 11.4 Å². The summed E-state index contributed by atoms with van der Waals surface area (Å²) in [6.45, 7) is 10.4. The molecular formula is C31H36BrClN4O2. The second kappa shape index (κ2) is 11.9. The van der Waals surface area contributed by atoms with E-state index in [9.17, 15) is 4.79 Å². The van der Waals surface area contributed by atoms with Gasteiger partial charge in [0.15, 0.2) is 0 Å². The molecule has 3 heterocycles. The van der Waals surface area contributed by atoms with Crippen molar-refractivity contribution in [1.29, 1.82) is 0 Å². The van der Waals surface area contributed by atoms with E-state index < -0.39 is 0 Å². The minimum atomic E-state index is 0.000584. The van der Waals surface area contributed by atoms with E-state index in [1.807, 2.05) is 43.0 Å². The molecule has 0 radical (unpaired) electrons. The van der Waals surface area contributed by atoms with E-state index >= 15 is 0 Å². The molecule has 8 heteroatoms. The number of aryl methyl sites for hydroxylation is 1. The summed E-state index contributed by atoms with van der Waals surface area (Å²) in [7, 11) is 0. The largest absolute Gasteiger partial charge is 0.396 e. The molecule has 2 aliphatic heterocycles. The van der Waals surface area contributed by atoms with Crippen LogP contribution in [-0.2, 0) is 4.84 Å². The Kier molecular flexibility index (Phi) is 8.60. The van der Waals surface area contributed by atoms with Gasteiger partial charge in [0.05, 0.1) is 11.2 Å². The fourth-order valence-electron chi connectivity index (χ4n) is 5.86. The molecular weight excluding hydrogens is 576 g/mol. The molecule has 6 nitrogen and oxygen atoms in total. The van der Waals surface area contributed by atoms with Crippen molar-refractivity contribution in [3.05, 3.63) is 74.8 Å². The maximum absolute atomic E-state index is 13.3. The normalized spacial score (nSPS) is 18.9. The van der Waals surface area contributed by atoms with E-state index in [0.717, 1.165) is 84.1 Å². The lowest BCUT2D eigenvalue weighted by Gasteiger charge is -2.49. The average Bonchev–Trinajstić information content (AvgIpc) is 2.95. The SMILES string of the molecule is CCON=C(c1ccc(Br)cc1)C1CCN(C2(C)CCN(C(=O)c3ccc4cc(C)c(Cl)cc4n3)CC2)CC1. The molecule has 5 rings (SSSR count). The number of rotatable bonds is 6. The van der Waals surface area contributed by atoms with Crippen molar-refractivity contribution in [3.8, 4) is 0 Å². The second-order valence-corrected chi connectivity index (χ2v) is 12.3. The smallest absolute Gasteiger partial charge is 0.272 e. The zero-order valence-electron chi connectivity index (χ0n) is 22.9. The molecule has 2 aliphatic rings. The van der Waals surface area contributed by atoms with Gasteiger partial charge in [-0.15, -0.1) is 0 Å². The Morgan fingerprint density at radius 1 is 1.10 bits per heavy atom. The van der Waals surface area contributed by atoms with Crippen LogP contribution in [0.3, 0.4) is 0 Å². The average molecular weight is 612 g/mol.